The van der Waals surface area contributed by atoms with E-state index in [2.05, 4.69) is 4.74 Å². The summed E-state index contributed by atoms with van der Waals surface area (Å²) in [5.74, 6) is -1.60. The number of nitro groups is 1. The van der Waals surface area contributed by atoms with Crippen LogP contribution in [0.1, 0.15) is 10.4 Å². The molecule has 1 rings (SSSR count). The fourth-order valence-corrected chi connectivity index (χ4v) is 1.77. The molecule has 0 atom stereocenters. The highest BCUT2D eigenvalue weighted by Crippen LogP contribution is 2.29. The maximum absolute atomic E-state index is 13.4. The second-order valence-corrected chi connectivity index (χ2v) is 3.57. The van der Waals surface area contributed by atoms with E-state index < -0.39 is 22.4 Å². The van der Waals surface area contributed by atoms with Gasteiger partial charge in [-0.1, -0.05) is 0 Å². The second-order valence-electron chi connectivity index (χ2n) is 2.76. The molecule has 0 spiro atoms. The van der Waals surface area contributed by atoms with E-state index in [0.717, 1.165) is 31.0 Å². The van der Waals surface area contributed by atoms with Crippen LogP contribution in [0.25, 0.3) is 0 Å². The molecule has 0 aromatic heterocycles. The number of thioether (sulfide) groups is 1. The Morgan fingerprint density at radius 3 is 2.62 bits per heavy atom. The van der Waals surface area contributed by atoms with Crippen LogP contribution in [0.15, 0.2) is 17.0 Å². The van der Waals surface area contributed by atoms with Gasteiger partial charge in [-0.05, 0) is 6.26 Å². The molecular weight excluding hydrogens is 237 g/mol. The molecule has 7 heteroatoms. The summed E-state index contributed by atoms with van der Waals surface area (Å²) in [5, 5.41) is 10.5. The Morgan fingerprint density at radius 2 is 2.19 bits per heavy atom. The minimum absolute atomic E-state index is 0.0393. The molecule has 86 valence electrons. The van der Waals surface area contributed by atoms with Crippen LogP contribution < -0.4 is 0 Å². The number of rotatable bonds is 3. The highest BCUT2D eigenvalue weighted by molar-refractivity contribution is 7.98. The molecule has 0 amide bonds. The third-order valence-corrected chi connectivity index (χ3v) is 2.67. The molecule has 0 N–H and O–H groups in total. The lowest BCUT2D eigenvalue weighted by atomic mass is 10.2. The molecule has 16 heavy (non-hydrogen) atoms. The lowest BCUT2D eigenvalue weighted by Gasteiger charge is -2.06. The maximum atomic E-state index is 13.4. The highest BCUT2D eigenvalue weighted by Gasteiger charge is 2.21. The molecule has 0 saturated heterocycles. The zero-order valence-electron chi connectivity index (χ0n) is 8.52. The zero-order valence-corrected chi connectivity index (χ0v) is 9.34. The van der Waals surface area contributed by atoms with Crippen LogP contribution in [-0.2, 0) is 4.74 Å². The number of nitrogens with zero attached hydrogens (tertiary/aromatic N) is 1. The number of esters is 1. The van der Waals surface area contributed by atoms with Gasteiger partial charge in [0.25, 0.3) is 5.69 Å². The van der Waals surface area contributed by atoms with Crippen molar-refractivity contribution in [2.75, 3.05) is 13.4 Å². The number of halogens is 1. The van der Waals surface area contributed by atoms with Crippen LogP contribution in [0.5, 0.6) is 0 Å². The van der Waals surface area contributed by atoms with Gasteiger partial charge in [0.15, 0.2) is 0 Å². The van der Waals surface area contributed by atoms with Gasteiger partial charge >= 0.3 is 5.97 Å². The van der Waals surface area contributed by atoms with Crippen LogP contribution in [0.3, 0.4) is 0 Å². The predicted molar refractivity (Wildman–Crippen MR) is 56.2 cm³/mol. The van der Waals surface area contributed by atoms with Gasteiger partial charge in [0.2, 0.25) is 0 Å². The smallest absolute Gasteiger partial charge is 0.339 e. The molecule has 0 saturated carbocycles. The normalized spacial score (nSPS) is 9.94. The van der Waals surface area contributed by atoms with Crippen molar-refractivity contribution >= 4 is 23.4 Å². The van der Waals surface area contributed by atoms with Crippen molar-refractivity contribution in [3.63, 3.8) is 0 Å². The molecule has 0 aliphatic rings. The molecule has 5 nitrogen and oxygen atoms in total. The minimum Gasteiger partial charge on any atom is -0.465 e. The van der Waals surface area contributed by atoms with E-state index in [1.165, 1.54) is 0 Å². The van der Waals surface area contributed by atoms with Crippen molar-refractivity contribution in [2.24, 2.45) is 0 Å². The van der Waals surface area contributed by atoms with E-state index in [4.69, 9.17) is 0 Å². The molecule has 0 fully saturated rings. The number of non-ortho nitro benzene ring substituents is 1. The Kier molecular flexibility index (Phi) is 3.83. The third-order valence-electron chi connectivity index (χ3n) is 1.85. The van der Waals surface area contributed by atoms with Crippen LogP contribution in [0.4, 0.5) is 10.1 Å². The number of benzene rings is 1. The van der Waals surface area contributed by atoms with Gasteiger partial charge in [-0.3, -0.25) is 10.1 Å². The molecule has 1 aromatic carbocycles. The standard InChI is InChI=1S/C9H8FNO4S/c1-15-9(12)6-3-5(11(13)14)4-7(10)8(6)16-2/h3-4H,1-2H3. The number of carbonyl (C=O) groups is 1. The Balaban J connectivity index is 3.42. The lowest BCUT2D eigenvalue weighted by molar-refractivity contribution is -0.385. The van der Waals surface area contributed by atoms with Crippen LogP contribution in [0.2, 0.25) is 0 Å². The Bertz CT molecular complexity index is 449. The summed E-state index contributed by atoms with van der Waals surface area (Å²) in [4.78, 5) is 21.1. The predicted octanol–water partition coefficient (Wildman–Crippen LogP) is 2.24. The average molecular weight is 245 g/mol. The monoisotopic (exact) mass is 245 g/mol. The SMILES string of the molecule is COC(=O)c1cc([N+](=O)[O-])cc(F)c1SC. The van der Waals surface area contributed by atoms with Gasteiger partial charge in [-0.2, -0.15) is 0 Å². The van der Waals surface area contributed by atoms with Crippen molar-refractivity contribution < 1.29 is 18.8 Å². The molecule has 0 bridgehead atoms. The molecule has 0 heterocycles. The molecule has 0 aliphatic carbocycles. The van der Waals surface area contributed by atoms with E-state index in [1.807, 2.05) is 0 Å². The van der Waals surface area contributed by atoms with Gasteiger partial charge in [-0.15, -0.1) is 11.8 Å². The molecule has 0 radical (unpaired) electrons. The Hall–Kier alpha value is -1.63. The van der Waals surface area contributed by atoms with Gasteiger partial charge in [0.05, 0.1) is 28.6 Å². The first-order chi connectivity index (χ1) is 7.51. The third kappa shape index (κ3) is 2.30. The minimum atomic E-state index is -0.804. The van der Waals surface area contributed by atoms with E-state index in [0.29, 0.717) is 0 Å². The summed E-state index contributed by atoms with van der Waals surface area (Å²) in [6, 6.07) is 1.78. The topological polar surface area (TPSA) is 69.4 Å². The van der Waals surface area contributed by atoms with Crippen molar-refractivity contribution in [1.82, 2.24) is 0 Å². The van der Waals surface area contributed by atoms with E-state index in [9.17, 15) is 19.3 Å². The van der Waals surface area contributed by atoms with E-state index in [1.54, 1.807) is 6.26 Å². The summed E-state index contributed by atoms with van der Waals surface area (Å²) >= 11 is 0.988. The van der Waals surface area contributed by atoms with Gasteiger partial charge < -0.3 is 4.74 Å². The first-order valence-corrected chi connectivity index (χ1v) is 5.34. The van der Waals surface area contributed by atoms with Crippen molar-refractivity contribution in [3.8, 4) is 0 Å². The zero-order chi connectivity index (χ0) is 12.3. The van der Waals surface area contributed by atoms with Crippen molar-refractivity contribution in [2.45, 2.75) is 4.90 Å². The number of hydrogen-bond acceptors (Lipinski definition) is 5. The maximum Gasteiger partial charge on any atom is 0.339 e. The fourth-order valence-electron chi connectivity index (χ4n) is 1.15. The van der Waals surface area contributed by atoms with Crippen molar-refractivity contribution in [1.29, 1.82) is 0 Å². The van der Waals surface area contributed by atoms with Crippen LogP contribution in [0, 0.1) is 15.9 Å². The summed E-state index contributed by atoms with van der Waals surface area (Å²) < 4.78 is 17.9. The highest BCUT2D eigenvalue weighted by atomic mass is 32.2. The number of nitro benzene ring substituents is 1. The summed E-state index contributed by atoms with van der Waals surface area (Å²) in [7, 11) is 1.13. The van der Waals surface area contributed by atoms with Gasteiger partial charge in [0.1, 0.15) is 5.82 Å². The first kappa shape index (κ1) is 12.4. The quantitative estimate of drug-likeness (QED) is 0.353. The first-order valence-electron chi connectivity index (χ1n) is 4.11. The lowest BCUT2D eigenvalue weighted by Crippen LogP contribution is -2.06. The van der Waals surface area contributed by atoms with E-state index >= 15 is 0 Å². The average Bonchev–Trinajstić information content (AvgIpc) is 2.26. The second kappa shape index (κ2) is 4.93. The van der Waals surface area contributed by atoms with Crippen molar-refractivity contribution in [3.05, 3.63) is 33.6 Å². The Morgan fingerprint density at radius 1 is 1.56 bits per heavy atom. The molecule has 1 aromatic rings. The van der Waals surface area contributed by atoms with Crippen LogP contribution in [-0.4, -0.2) is 24.3 Å². The fraction of sp³-hybridized carbons (Fsp3) is 0.222. The van der Waals surface area contributed by atoms with Gasteiger partial charge in [-0.25, -0.2) is 9.18 Å². The van der Waals surface area contributed by atoms with Crippen LogP contribution >= 0.6 is 11.8 Å². The van der Waals surface area contributed by atoms with E-state index in [-0.39, 0.29) is 10.5 Å². The number of carbonyl (C=O) groups excluding carboxylic acids is 1. The number of hydrogen-bond donors (Lipinski definition) is 0. The summed E-state index contributed by atoms with van der Waals surface area (Å²) in [5.41, 5.74) is -0.614. The number of ether oxygens (including phenoxy) is 1. The summed E-state index contributed by atoms with van der Waals surface area (Å²) in [6.07, 6.45) is 1.57. The molecule has 0 unspecified atom stereocenters. The Labute approximate surface area is 94.7 Å². The van der Waals surface area contributed by atoms with Gasteiger partial charge in [0, 0.05) is 6.07 Å². The largest absolute Gasteiger partial charge is 0.465 e. The molecular formula is C9H8FNO4S. The molecule has 0 aliphatic heterocycles. The summed E-state index contributed by atoms with van der Waals surface area (Å²) in [6.45, 7) is 0. The number of methoxy groups -OCH3 is 1.